The van der Waals surface area contributed by atoms with Crippen molar-refractivity contribution in [3.05, 3.63) is 36.2 Å². The average Bonchev–Trinajstić information content (AvgIpc) is 3.15. The van der Waals surface area contributed by atoms with Gasteiger partial charge in [-0.2, -0.15) is 23.3 Å². The Morgan fingerprint density at radius 2 is 2.17 bits per heavy atom. The molecule has 2 aliphatic heterocycles. The lowest BCUT2D eigenvalue weighted by Gasteiger charge is -2.41. The number of alkyl halides is 3. The Kier molecular flexibility index (Phi) is 5.67. The van der Waals surface area contributed by atoms with E-state index < -0.39 is 12.2 Å². The first-order chi connectivity index (χ1) is 13.9. The minimum Gasteiger partial charge on any atom is -0.492 e. The quantitative estimate of drug-likeness (QED) is 0.817. The summed E-state index contributed by atoms with van der Waals surface area (Å²) in [5.41, 5.74) is 1.15. The first-order valence-corrected chi connectivity index (χ1v) is 10.0. The van der Waals surface area contributed by atoms with E-state index in [4.69, 9.17) is 4.74 Å². The third kappa shape index (κ3) is 4.66. The van der Waals surface area contributed by atoms with Crippen LogP contribution in [0.25, 0.3) is 0 Å². The standard InChI is InChI=1S/C20H26F3N5O/c1-14-4-2-6-16(10-14)29-9-8-27-7-3-5-15(12-27)17-11-18(20(21,22)23)28-19(26-17)24-13-25-28/h2,4,6,10,13,15,17-18H,3,5,7-9,11-12H2,1H3,(H,24,25,26)/t15?,17-,18+/m0/s1. The molecule has 158 valence electrons. The van der Waals surface area contributed by atoms with Gasteiger partial charge in [0.25, 0.3) is 0 Å². The first kappa shape index (κ1) is 20.0. The molecule has 1 fully saturated rings. The van der Waals surface area contributed by atoms with Crippen LogP contribution >= 0.6 is 0 Å². The molecule has 1 unspecified atom stereocenters. The molecule has 2 aliphatic rings. The number of hydrogen-bond acceptors (Lipinski definition) is 5. The topological polar surface area (TPSA) is 55.2 Å². The van der Waals surface area contributed by atoms with Gasteiger partial charge >= 0.3 is 6.18 Å². The number of aromatic nitrogens is 3. The summed E-state index contributed by atoms with van der Waals surface area (Å²) >= 11 is 0. The minimum atomic E-state index is -4.33. The van der Waals surface area contributed by atoms with Crippen molar-refractivity contribution in [2.45, 2.75) is 44.4 Å². The van der Waals surface area contributed by atoms with E-state index in [0.717, 1.165) is 48.5 Å². The normalized spacial score (nSPS) is 25.3. The van der Waals surface area contributed by atoms with E-state index in [1.165, 1.54) is 6.33 Å². The second-order valence-electron chi connectivity index (χ2n) is 7.94. The number of hydrogen-bond donors (Lipinski definition) is 1. The maximum Gasteiger partial charge on any atom is 0.411 e. The van der Waals surface area contributed by atoms with Crippen LogP contribution in [0.15, 0.2) is 30.6 Å². The minimum absolute atomic E-state index is 0.0157. The van der Waals surface area contributed by atoms with Gasteiger partial charge in [0.05, 0.1) is 0 Å². The Morgan fingerprint density at radius 1 is 1.31 bits per heavy atom. The molecule has 0 spiro atoms. The smallest absolute Gasteiger partial charge is 0.411 e. The Hall–Kier alpha value is -2.29. The molecule has 0 radical (unpaired) electrons. The van der Waals surface area contributed by atoms with Gasteiger partial charge in [-0.05, 0) is 56.3 Å². The number of ether oxygens (including phenoxy) is 1. The maximum atomic E-state index is 13.5. The van der Waals surface area contributed by atoms with Crippen LogP contribution in [0.1, 0.15) is 30.9 Å². The monoisotopic (exact) mass is 409 g/mol. The van der Waals surface area contributed by atoms with E-state index in [1.807, 2.05) is 31.2 Å². The molecule has 1 aromatic carbocycles. The van der Waals surface area contributed by atoms with Crippen molar-refractivity contribution in [2.75, 3.05) is 31.6 Å². The summed E-state index contributed by atoms with van der Waals surface area (Å²) < 4.78 is 47.4. The summed E-state index contributed by atoms with van der Waals surface area (Å²) in [6.07, 6.45) is -1.29. The number of nitrogens with one attached hydrogen (secondary N) is 1. The van der Waals surface area contributed by atoms with Crippen LogP contribution in [-0.2, 0) is 0 Å². The number of nitrogens with zero attached hydrogens (tertiary/aromatic N) is 4. The molecule has 0 saturated carbocycles. The number of halogens is 3. The van der Waals surface area contributed by atoms with E-state index in [2.05, 4.69) is 20.3 Å². The number of fused-ring (bicyclic) bond motifs is 1. The second kappa shape index (κ2) is 8.22. The Balaban J connectivity index is 1.35. The van der Waals surface area contributed by atoms with Crippen molar-refractivity contribution in [3.8, 4) is 5.75 Å². The van der Waals surface area contributed by atoms with Crippen LogP contribution in [0.5, 0.6) is 5.75 Å². The zero-order valence-corrected chi connectivity index (χ0v) is 16.4. The van der Waals surface area contributed by atoms with Crippen LogP contribution in [0.2, 0.25) is 0 Å². The number of rotatable bonds is 5. The molecule has 29 heavy (non-hydrogen) atoms. The van der Waals surface area contributed by atoms with Crippen LogP contribution in [0.4, 0.5) is 19.1 Å². The molecule has 3 atom stereocenters. The molecule has 2 aromatic rings. The highest BCUT2D eigenvalue weighted by Crippen LogP contribution is 2.40. The third-order valence-electron chi connectivity index (χ3n) is 5.81. The molecular weight excluding hydrogens is 383 g/mol. The Labute approximate surface area is 168 Å². The van der Waals surface area contributed by atoms with Crippen LogP contribution in [0.3, 0.4) is 0 Å². The van der Waals surface area contributed by atoms with Crippen molar-refractivity contribution in [2.24, 2.45) is 5.92 Å². The summed E-state index contributed by atoms with van der Waals surface area (Å²) in [6.45, 7) is 5.05. The summed E-state index contributed by atoms with van der Waals surface area (Å²) in [5, 5.41) is 6.96. The van der Waals surface area contributed by atoms with E-state index in [1.54, 1.807) is 0 Å². The first-order valence-electron chi connectivity index (χ1n) is 10.0. The highest BCUT2D eigenvalue weighted by molar-refractivity contribution is 5.30. The van der Waals surface area contributed by atoms with Gasteiger partial charge < -0.3 is 10.1 Å². The number of likely N-dealkylation sites (tertiary alicyclic amines) is 1. The van der Waals surface area contributed by atoms with Gasteiger partial charge in [-0.25, -0.2) is 4.68 Å². The molecule has 4 rings (SSSR count). The number of benzene rings is 1. The van der Waals surface area contributed by atoms with Crippen LogP contribution in [0, 0.1) is 12.8 Å². The van der Waals surface area contributed by atoms with Crippen LogP contribution < -0.4 is 10.1 Å². The predicted molar refractivity (Wildman–Crippen MR) is 103 cm³/mol. The molecular formula is C20H26F3N5O. The molecule has 6 nitrogen and oxygen atoms in total. The van der Waals surface area contributed by atoms with Gasteiger partial charge in [0.2, 0.25) is 5.95 Å². The molecule has 0 amide bonds. The number of piperidine rings is 1. The summed E-state index contributed by atoms with van der Waals surface area (Å²) in [5.74, 6) is 1.20. The molecule has 0 bridgehead atoms. The van der Waals surface area contributed by atoms with E-state index in [0.29, 0.717) is 6.61 Å². The lowest BCUT2D eigenvalue weighted by molar-refractivity contribution is -0.174. The second-order valence-corrected chi connectivity index (χ2v) is 7.94. The largest absolute Gasteiger partial charge is 0.492 e. The Morgan fingerprint density at radius 3 is 2.97 bits per heavy atom. The summed E-state index contributed by atoms with van der Waals surface area (Å²) in [7, 11) is 0. The molecule has 1 saturated heterocycles. The van der Waals surface area contributed by atoms with Crippen molar-refractivity contribution < 1.29 is 17.9 Å². The fourth-order valence-corrected chi connectivity index (χ4v) is 4.35. The lowest BCUT2D eigenvalue weighted by Crippen LogP contribution is -2.48. The zero-order valence-electron chi connectivity index (χ0n) is 16.4. The van der Waals surface area contributed by atoms with Crippen LogP contribution in [-0.4, -0.2) is 58.1 Å². The molecule has 0 aliphatic carbocycles. The third-order valence-corrected chi connectivity index (χ3v) is 5.81. The highest BCUT2D eigenvalue weighted by Gasteiger charge is 2.48. The van der Waals surface area contributed by atoms with Gasteiger partial charge in [-0.3, -0.25) is 4.90 Å². The molecule has 9 heteroatoms. The molecule has 1 aromatic heterocycles. The van der Waals surface area contributed by atoms with E-state index in [9.17, 15) is 13.2 Å². The van der Waals surface area contributed by atoms with E-state index in [-0.39, 0.29) is 24.3 Å². The summed E-state index contributed by atoms with van der Waals surface area (Å²) in [6, 6.07) is 6.04. The van der Waals surface area contributed by atoms with Gasteiger partial charge in [-0.15, -0.1) is 0 Å². The fraction of sp³-hybridized carbons (Fsp3) is 0.600. The maximum absolute atomic E-state index is 13.5. The van der Waals surface area contributed by atoms with Crippen molar-refractivity contribution in [1.29, 1.82) is 0 Å². The highest BCUT2D eigenvalue weighted by atomic mass is 19.4. The molecule has 1 N–H and O–H groups in total. The van der Waals surface area contributed by atoms with Gasteiger partial charge in [-0.1, -0.05) is 12.1 Å². The van der Waals surface area contributed by atoms with Gasteiger partial charge in [0.1, 0.15) is 18.7 Å². The SMILES string of the molecule is Cc1cccc(OCCN2CCCC([C@@H]3C[C@H](C(F)(F)F)n4ncnc4N3)C2)c1. The van der Waals surface area contributed by atoms with Gasteiger partial charge in [0.15, 0.2) is 6.04 Å². The van der Waals surface area contributed by atoms with E-state index >= 15 is 0 Å². The predicted octanol–water partition coefficient (Wildman–Crippen LogP) is 3.67. The fourth-order valence-electron chi connectivity index (χ4n) is 4.35. The average molecular weight is 409 g/mol. The van der Waals surface area contributed by atoms with Crippen molar-refractivity contribution in [3.63, 3.8) is 0 Å². The summed E-state index contributed by atoms with van der Waals surface area (Å²) in [4.78, 5) is 6.27. The molecule has 3 heterocycles. The number of anilines is 1. The zero-order chi connectivity index (χ0) is 20.4. The number of aryl methyl sites for hydroxylation is 1. The lowest BCUT2D eigenvalue weighted by atomic mass is 9.86. The van der Waals surface area contributed by atoms with Gasteiger partial charge in [0, 0.05) is 19.1 Å². The Bertz CT molecular complexity index is 824. The van der Waals surface area contributed by atoms with Crippen molar-refractivity contribution in [1.82, 2.24) is 19.7 Å². The van der Waals surface area contributed by atoms with Crippen molar-refractivity contribution >= 4 is 5.95 Å².